The molecule has 0 aliphatic heterocycles. The summed E-state index contributed by atoms with van der Waals surface area (Å²) in [5.41, 5.74) is 5.88. The molecule has 1 aromatic rings. The summed E-state index contributed by atoms with van der Waals surface area (Å²) >= 11 is 1.31. The standard InChI is InChI=1S/C12H12FNOS/c13-11-6-8(14)4-5-12(11)16-10-3-1-2-9(15)7-10/h4-7H,1-3,14H2. The van der Waals surface area contributed by atoms with Crippen LogP contribution < -0.4 is 5.73 Å². The van der Waals surface area contributed by atoms with Crippen molar-refractivity contribution in [2.75, 3.05) is 5.73 Å². The first kappa shape index (κ1) is 11.2. The van der Waals surface area contributed by atoms with Gasteiger partial charge in [-0.25, -0.2) is 4.39 Å². The highest BCUT2D eigenvalue weighted by molar-refractivity contribution is 8.03. The third-order valence-electron chi connectivity index (χ3n) is 2.37. The van der Waals surface area contributed by atoms with Crippen LogP contribution in [0.25, 0.3) is 0 Å². The average molecular weight is 237 g/mol. The molecule has 0 atom stereocenters. The summed E-state index contributed by atoms with van der Waals surface area (Å²) in [6.07, 6.45) is 3.92. The fourth-order valence-electron chi connectivity index (χ4n) is 1.58. The highest BCUT2D eigenvalue weighted by Crippen LogP contribution is 2.34. The molecule has 16 heavy (non-hydrogen) atoms. The molecule has 0 aromatic heterocycles. The summed E-state index contributed by atoms with van der Waals surface area (Å²) in [5, 5.41) is 0. The van der Waals surface area contributed by atoms with Crippen molar-refractivity contribution in [3.05, 3.63) is 35.0 Å². The van der Waals surface area contributed by atoms with E-state index in [0.29, 0.717) is 17.0 Å². The first-order chi connectivity index (χ1) is 7.65. The topological polar surface area (TPSA) is 43.1 Å². The number of allylic oxidation sites excluding steroid dienone is 2. The van der Waals surface area contributed by atoms with Crippen molar-refractivity contribution in [2.45, 2.75) is 24.2 Å². The van der Waals surface area contributed by atoms with Crippen molar-refractivity contribution in [3.8, 4) is 0 Å². The number of carbonyl (C=O) groups is 1. The Labute approximate surface area is 97.7 Å². The van der Waals surface area contributed by atoms with Gasteiger partial charge in [0.15, 0.2) is 5.78 Å². The maximum Gasteiger partial charge on any atom is 0.156 e. The SMILES string of the molecule is Nc1ccc(SC2=CC(=O)CCC2)c(F)c1. The minimum atomic E-state index is -0.330. The largest absolute Gasteiger partial charge is 0.399 e. The van der Waals surface area contributed by atoms with E-state index in [0.717, 1.165) is 17.7 Å². The molecule has 0 amide bonds. The molecular formula is C12H12FNOS. The number of rotatable bonds is 2. The summed E-state index contributed by atoms with van der Waals surface area (Å²) in [7, 11) is 0. The number of nitrogen functional groups attached to an aromatic ring is 1. The van der Waals surface area contributed by atoms with Crippen LogP contribution >= 0.6 is 11.8 Å². The van der Waals surface area contributed by atoms with Crippen LogP contribution in [0.3, 0.4) is 0 Å². The second-order valence-corrected chi connectivity index (χ2v) is 4.89. The maximum atomic E-state index is 13.5. The number of thioether (sulfide) groups is 1. The smallest absolute Gasteiger partial charge is 0.156 e. The molecule has 0 fully saturated rings. The van der Waals surface area contributed by atoms with E-state index in [2.05, 4.69) is 0 Å². The first-order valence-electron chi connectivity index (χ1n) is 5.11. The van der Waals surface area contributed by atoms with E-state index in [1.54, 1.807) is 18.2 Å². The fourth-order valence-corrected chi connectivity index (χ4v) is 2.59. The number of hydrogen-bond donors (Lipinski definition) is 1. The van der Waals surface area contributed by atoms with Gasteiger partial charge in [0, 0.05) is 17.0 Å². The molecule has 2 nitrogen and oxygen atoms in total. The van der Waals surface area contributed by atoms with E-state index in [-0.39, 0.29) is 11.6 Å². The molecule has 0 bridgehead atoms. The Balaban J connectivity index is 2.17. The number of halogens is 1. The lowest BCUT2D eigenvalue weighted by Crippen LogP contribution is -2.00. The summed E-state index contributed by atoms with van der Waals surface area (Å²) in [6, 6.07) is 4.61. The van der Waals surface area contributed by atoms with Crippen molar-refractivity contribution < 1.29 is 9.18 Å². The molecule has 0 saturated heterocycles. The second-order valence-electron chi connectivity index (χ2n) is 3.72. The maximum absolute atomic E-state index is 13.5. The molecule has 1 aromatic carbocycles. The second kappa shape index (κ2) is 4.70. The Hall–Kier alpha value is -1.29. The van der Waals surface area contributed by atoms with Crippen LogP contribution in [0.15, 0.2) is 34.1 Å². The van der Waals surface area contributed by atoms with E-state index >= 15 is 0 Å². The number of anilines is 1. The zero-order chi connectivity index (χ0) is 11.5. The molecule has 0 unspecified atom stereocenters. The van der Waals surface area contributed by atoms with Crippen molar-refractivity contribution in [1.82, 2.24) is 0 Å². The molecule has 0 spiro atoms. The van der Waals surface area contributed by atoms with Crippen molar-refractivity contribution in [1.29, 1.82) is 0 Å². The zero-order valence-corrected chi connectivity index (χ0v) is 9.52. The summed E-state index contributed by atoms with van der Waals surface area (Å²) in [6.45, 7) is 0. The molecule has 2 rings (SSSR count). The number of hydrogen-bond acceptors (Lipinski definition) is 3. The van der Waals surface area contributed by atoms with Gasteiger partial charge in [0.05, 0.1) is 0 Å². The van der Waals surface area contributed by atoms with E-state index in [4.69, 9.17) is 5.73 Å². The lowest BCUT2D eigenvalue weighted by Gasteiger charge is -2.11. The number of carbonyl (C=O) groups excluding carboxylic acids is 1. The summed E-state index contributed by atoms with van der Waals surface area (Å²) in [4.78, 5) is 12.7. The Bertz CT molecular complexity index is 456. The van der Waals surface area contributed by atoms with E-state index in [1.165, 1.54) is 17.8 Å². The van der Waals surface area contributed by atoms with Crippen LogP contribution in [-0.2, 0) is 4.79 Å². The van der Waals surface area contributed by atoms with Gasteiger partial charge in [-0.15, -0.1) is 0 Å². The molecule has 0 saturated carbocycles. The quantitative estimate of drug-likeness (QED) is 0.803. The van der Waals surface area contributed by atoms with Gasteiger partial charge in [0.1, 0.15) is 5.82 Å². The average Bonchev–Trinajstić information content (AvgIpc) is 2.22. The third-order valence-corrected chi connectivity index (χ3v) is 3.50. The van der Waals surface area contributed by atoms with Gasteiger partial charge in [-0.05, 0) is 42.0 Å². The lowest BCUT2D eigenvalue weighted by molar-refractivity contribution is -0.115. The van der Waals surface area contributed by atoms with Crippen molar-refractivity contribution in [3.63, 3.8) is 0 Å². The Morgan fingerprint density at radius 1 is 1.31 bits per heavy atom. The Morgan fingerprint density at radius 3 is 2.81 bits per heavy atom. The highest BCUT2D eigenvalue weighted by atomic mass is 32.2. The van der Waals surface area contributed by atoms with Gasteiger partial charge >= 0.3 is 0 Å². The number of benzene rings is 1. The molecule has 84 valence electrons. The van der Waals surface area contributed by atoms with Crippen molar-refractivity contribution in [2.24, 2.45) is 0 Å². The molecule has 0 radical (unpaired) electrons. The van der Waals surface area contributed by atoms with Gasteiger partial charge in [0.25, 0.3) is 0 Å². The van der Waals surface area contributed by atoms with Gasteiger partial charge in [-0.1, -0.05) is 11.8 Å². The van der Waals surface area contributed by atoms with Crippen LogP contribution in [0.2, 0.25) is 0 Å². The van der Waals surface area contributed by atoms with Crippen molar-refractivity contribution >= 4 is 23.2 Å². The number of nitrogens with two attached hydrogens (primary N) is 1. The Kier molecular flexibility index (Phi) is 3.29. The fraction of sp³-hybridized carbons (Fsp3) is 0.250. The van der Waals surface area contributed by atoms with Gasteiger partial charge < -0.3 is 5.73 Å². The summed E-state index contributed by atoms with van der Waals surface area (Å²) in [5.74, 6) is -0.200. The zero-order valence-electron chi connectivity index (χ0n) is 8.70. The first-order valence-corrected chi connectivity index (χ1v) is 5.93. The normalized spacial score (nSPS) is 16.1. The molecular weight excluding hydrogens is 225 g/mol. The number of ketones is 1. The molecule has 4 heteroatoms. The predicted molar refractivity (Wildman–Crippen MR) is 63.6 cm³/mol. The van der Waals surface area contributed by atoms with Gasteiger partial charge in [-0.2, -0.15) is 0 Å². The predicted octanol–water partition coefficient (Wildman–Crippen LogP) is 3.14. The van der Waals surface area contributed by atoms with Crippen LogP contribution in [0.4, 0.5) is 10.1 Å². The minimum absolute atomic E-state index is 0.129. The van der Waals surface area contributed by atoms with Crippen LogP contribution in [0.1, 0.15) is 19.3 Å². The van der Waals surface area contributed by atoms with Crippen LogP contribution in [0, 0.1) is 5.82 Å². The van der Waals surface area contributed by atoms with E-state index in [9.17, 15) is 9.18 Å². The van der Waals surface area contributed by atoms with Gasteiger partial charge in [-0.3, -0.25) is 4.79 Å². The van der Waals surface area contributed by atoms with E-state index in [1.807, 2.05) is 0 Å². The monoisotopic (exact) mass is 237 g/mol. The minimum Gasteiger partial charge on any atom is -0.399 e. The molecule has 1 aliphatic rings. The van der Waals surface area contributed by atoms with Crippen LogP contribution in [0.5, 0.6) is 0 Å². The highest BCUT2D eigenvalue weighted by Gasteiger charge is 2.12. The summed E-state index contributed by atoms with van der Waals surface area (Å²) < 4.78 is 13.5. The van der Waals surface area contributed by atoms with Gasteiger partial charge in [0.2, 0.25) is 0 Å². The molecule has 2 N–H and O–H groups in total. The third kappa shape index (κ3) is 2.64. The van der Waals surface area contributed by atoms with Crippen LogP contribution in [-0.4, -0.2) is 5.78 Å². The Morgan fingerprint density at radius 2 is 2.12 bits per heavy atom. The molecule has 0 heterocycles. The lowest BCUT2D eigenvalue weighted by atomic mass is 10.1. The molecule has 1 aliphatic carbocycles. The van der Waals surface area contributed by atoms with E-state index < -0.39 is 0 Å².